The molecule has 1 aromatic carbocycles. The largest absolute Gasteiger partial charge is 0.465 e. The van der Waals surface area contributed by atoms with Crippen LogP contribution in [0.3, 0.4) is 0 Å². The monoisotopic (exact) mass is 652 g/mol. The highest BCUT2D eigenvalue weighted by Gasteiger charge is 2.38. The number of benzene rings is 1. The molecule has 1 aromatic heterocycles. The molecule has 3 heterocycles. The summed E-state index contributed by atoms with van der Waals surface area (Å²) in [6.45, 7) is 3.78. The zero-order valence-electron chi connectivity index (χ0n) is 24.3. The highest BCUT2D eigenvalue weighted by Crippen LogP contribution is 2.30. The van der Waals surface area contributed by atoms with E-state index in [1.807, 2.05) is 0 Å². The maximum absolute atomic E-state index is 15.2. The van der Waals surface area contributed by atoms with E-state index in [2.05, 4.69) is 0 Å². The third-order valence-electron chi connectivity index (χ3n) is 7.13. The van der Waals surface area contributed by atoms with Crippen molar-refractivity contribution < 1.29 is 42.6 Å². The van der Waals surface area contributed by atoms with E-state index in [0.717, 1.165) is 27.2 Å². The molecule has 2 N–H and O–H groups in total. The normalized spacial score (nSPS) is 17.5. The van der Waals surface area contributed by atoms with E-state index in [1.165, 1.54) is 29.2 Å². The molecule has 2 saturated heterocycles. The van der Waals surface area contributed by atoms with Crippen molar-refractivity contribution >= 4 is 64.1 Å². The molecule has 4 amide bonds. The first kappa shape index (κ1) is 33.3. The van der Waals surface area contributed by atoms with Gasteiger partial charge in [-0.15, -0.1) is 11.3 Å². The summed E-state index contributed by atoms with van der Waals surface area (Å²) in [6.07, 6.45) is -1.14. The highest BCUT2D eigenvalue weighted by molar-refractivity contribution is 7.18. The number of halogens is 2. The Bertz CT molecular complexity index is 1410. The van der Waals surface area contributed by atoms with Gasteiger partial charge in [-0.3, -0.25) is 29.0 Å². The number of imide groups is 1. The first-order valence-corrected chi connectivity index (χ1v) is 15.3. The second kappa shape index (κ2) is 14.9. The summed E-state index contributed by atoms with van der Waals surface area (Å²) in [5, 5.41) is 0. The summed E-state index contributed by atoms with van der Waals surface area (Å²) in [5.74, 6) is -2.78. The minimum atomic E-state index is -0.941. The quantitative estimate of drug-likeness (QED) is 0.268. The van der Waals surface area contributed by atoms with Crippen molar-refractivity contribution in [3.8, 4) is 0 Å². The number of anilines is 2. The smallest absolute Gasteiger partial charge is 0.414 e. The van der Waals surface area contributed by atoms with Crippen molar-refractivity contribution in [2.75, 3.05) is 49.3 Å². The standard InChI is InChI=1S/C29H34ClFN4O8S/c1-17(2)26(32)28(39)42-11-4-3-5-24(36)35(27(38)22-8-9-23(30)44-22)15-19-14-34(29(40)43-19)21-7-6-18(13-20(21)31)33-10-12-41-16-25(33)37/h6-9,13,17,19,26H,3-5,10-12,14-16,32H2,1-2H3/t19-,26+/m1/s1. The van der Waals surface area contributed by atoms with Crippen LogP contribution in [0.25, 0.3) is 0 Å². The first-order valence-electron chi connectivity index (χ1n) is 14.1. The summed E-state index contributed by atoms with van der Waals surface area (Å²) >= 11 is 7.01. The van der Waals surface area contributed by atoms with Crippen LogP contribution in [-0.4, -0.2) is 86.3 Å². The zero-order chi connectivity index (χ0) is 32.0. The lowest BCUT2D eigenvalue weighted by Gasteiger charge is -2.27. The van der Waals surface area contributed by atoms with Gasteiger partial charge in [0.1, 0.15) is 24.6 Å². The minimum absolute atomic E-state index is 0.0423. The maximum atomic E-state index is 15.2. The summed E-state index contributed by atoms with van der Waals surface area (Å²) in [5.41, 5.74) is 6.04. The van der Waals surface area contributed by atoms with Crippen LogP contribution in [-0.2, 0) is 28.6 Å². The molecule has 4 rings (SSSR count). The van der Waals surface area contributed by atoms with Crippen LogP contribution >= 0.6 is 22.9 Å². The van der Waals surface area contributed by atoms with E-state index in [9.17, 15) is 24.0 Å². The number of rotatable bonds is 12. The van der Waals surface area contributed by atoms with Crippen molar-refractivity contribution in [1.29, 1.82) is 0 Å². The fourth-order valence-electron chi connectivity index (χ4n) is 4.61. The van der Waals surface area contributed by atoms with Crippen LogP contribution in [0.2, 0.25) is 4.34 Å². The molecule has 238 valence electrons. The van der Waals surface area contributed by atoms with Crippen molar-refractivity contribution in [1.82, 2.24) is 4.90 Å². The van der Waals surface area contributed by atoms with E-state index < -0.39 is 41.8 Å². The second-order valence-electron chi connectivity index (χ2n) is 10.7. The van der Waals surface area contributed by atoms with Gasteiger partial charge in [0.15, 0.2) is 0 Å². The van der Waals surface area contributed by atoms with Gasteiger partial charge >= 0.3 is 12.1 Å². The summed E-state index contributed by atoms with van der Waals surface area (Å²) < 4.78 is 31.2. The number of cyclic esters (lactones) is 1. The number of nitrogens with zero attached hydrogens (tertiary/aromatic N) is 3. The Morgan fingerprint density at radius 3 is 2.61 bits per heavy atom. The predicted octanol–water partition coefficient (Wildman–Crippen LogP) is 3.59. The Balaban J connectivity index is 1.40. The average Bonchev–Trinajstić information content (AvgIpc) is 3.59. The zero-order valence-corrected chi connectivity index (χ0v) is 25.9. The van der Waals surface area contributed by atoms with Crippen LogP contribution in [0, 0.1) is 11.7 Å². The van der Waals surface area contributed by atoms with Crippen molar-refractivity contribution in [3.05, 3.63) is 45.4 Å². The first-order chi connectivity index (χ1) is 21.0. The Hall–Kier alpha value is -3.59. The number of carbonyl (C=O) groups is 5. The number of carbonyl (C=O) groups excluding carboxylic acids is 5. The van der Waals surface area contributed by atoms with Gasteiger partial charge in [0.25, 0.3) is 11.8 Å². The van der Waals surface area contributed by atoms with Gasteiger partial charge in [-0.2, -0.15) is 0 Å². The van der Waals surface area contributed by atoms with Crippen molar-refractivity contribution in [2.24, 2.45) is 11.7 Å². The number of morpholine rings is 1. The van der Waals surface area contributed by atoms with Crippen molar-refractivity contribution in [2.45, 2.75) is 45.3 Å². The molecule has 0 unspecified atom stereocenters. The summed E-state index contributed by atoms with van der Waals surface area (Å²) in [6, 6.07) is 6.35. The third kappa shape index (κ3) is 8.11. The number of hydrogen-bond acceptors (Lipinski definition) is 10. The lowest BCUT2D eigenvalue weighted by Crippen LogP contribution is -2.43. The second-order valence-corrected chi connectivity index (χ2v) is 12.4. The Morgan fingerprint density at radius 1 is 1.18 bits per heavy atom. The molecule has 2 aliphatic rings. The van der Waals surface area contributed by atoms with E-state index >= 15 is 4.39 Å². The molecule has 2 atom stereocenters. The fourth-order valence-corrected chi connectivity index (χ4v) is 5.60. The topological polar surface area (TPSA) is 149 Å². The van der Waals surface area contributed by atoms with Crippen LogP contribution in [0.1, 0.15) is 42.8 Å². The SMILES string of the molecule is CC(C)[C@H](N)C(=O)OCCCCC(=O)N(C[C@H]1CN(c2ccc(N3CCOCC3=O)cc2F)C(=O)O1)C(=O)c1ccc(Cl)s1. The van der Waals surface area contributed by atoms with Crippen LogP contribution in [0.15, 0.2) is 30.3 Å². The van der Waals surface area contributed by atoms with Gasteiger partial charge in [-0.1, -0.05) is 25.4 Å². The van der Waals surface area contributed by atoms with Gasteiger partial charge < -0.3 is 24.8 Å². The van der Waals surface area contributed by atoms with Gasteiger partial charge in [-0.05, 0) is 49.1 Å². The highest BCUT2D eigenvalue weighted by atomic mass is 35.5. The summed E-state index contributed by atoms with van der Waals surface area (Å²) in [7, 11) is 0. The predicted molar refractivity (Wildman–Crippen MR) is 160 cm³/mol. The number of unbranched alkanes of at least 4 members (excludes halogenated alkanes) is 1. The molecule has 2 fully saturated rings. The number of ether oxygens (including phenoxy) is 3. The Kier molecular flexibility index (Phi) is 11.3. The number of amides is 4. The van der Waals surface area contributed by atoms with E-state index in [-0.39, 0.29) is 61.7 Å². The fraction of sp³-hybridized carbons (Fsp3) is 0.483. The van der Waals surface area contributed by atoms with E-state index in [0.29, 0.717) is 29.5 Å². The molecule has 2 aliphatic heterocycles. The van der Waals surface area contributed by atoms with Gasteiger partial charge in [0.05, 0.1) is 41.2 Å². The van der Waals surface area contributed by atoms with Crippen molar-refractivity contribution in [3.63, 3.8) is 0 Å². The molecule has 0 radical (unpaired) electrons. The molecule has 0 spiro atoms. The maximum Gasteiger partial charge on any atom is 0.414 e. The minimum Gasteiger partial charge on any atom is -0.465 e. The number of hydrogen-bond donors (Lipinski definition) is 1. The molecular formula is C29H34ClFN4O8S. The van der Waals surface area contributed by atoms with Gasteiger partial charge in [0, 0.05) is 18.7 Å². The number of esters is 1. The molecule has 44 heavy (non-hydrogen) atoms. The van der Waals surface area contributed by atoms with Crippen LogP contribution < -0.4 is 15.5 Å². The number of thiophene rings is 1. The molecule has 0 aliphatic carbocycles. The van der Waals surface area contributed by atoms with Gasteiger partial charge in [-0.25, -0.2) is 9.18 Å². The molecule has 15 heteroatoms. The molecule has 2 aromatic rings. The third-order valence-corrected chi connectivity index (χ3v) is 8.35. The molecular weight excluding hydrogens is 619 g/mol. The van der Waals surface area contributed by atoms with E-state index in [1.54, 1.807) is 13.8 Å². The van der Waals surface area contributed by atoms with Crippen LogP contribution in [0.4, 0.5) is 20.6 Å². The van der Waals surface area contributed by atoms with Crippen LogP contribution in [0.5, 0.6) is 0 Å². The lowest BCUT2D eigenvalue weighted by atomic mass is 10.1. The number of nitrogens with two attached hydrogens (primary N) is 1. The molecule has 0 saturated carbocycles. The Labute approximate surface area is 262 Å². The Morgan fingerprint density at radius 2 is 1.95 bits per heavy atom. The summed E-state index contributed by atoms with van der Waals surface area (Å²) in [4.78, 5) is 67.1. The molecule has 0 bridgehead atoms. The van der Waals surface area contributed by atoms with Gasteiger partial charge in [0.2, 0.25) is 5.91 Å². The lowest BCUT2D eigenvalue weighted by molar-refractivity contribution is -0.146. The average molecular weight is 653 g/mol. The van der Waals surface area contributed by atoms with E-state index in [4.69, 9.17) is 31.5 Å². The molecule has 12 nitrogen and oxygen atoms in total.